The molecule has 0 aliphatic heterocycles. The minimum Gasteiger partial charge on any atom is -0.480 e. The SMILES string of the molecule is NCCCCC(NC(=O)C(Cc1ccccc1)NC(=O)C(N)Cc1ccccc1)C(=O)NC(CS)C(=O)O. The lowest BCUT2D eigenvalue weighted by Crippen LogP contribution is -2.58. The van der Waals surface area contributed by atoms with Crippen LogP contribution in [-0.4, -0.2) is 65.3 Å². The van der Waals surface area contributed by atoms with Gasteiger partial charge in [-0.2, -0.15) is 12.6 Å². The van der Waals surface area contributed by atoms with E-state index in [0.717, 1.165) is 11.1 Å². The molecule has 3 amide bonds. The van der Waals surface area contributed by atoms with Crippen LogP contribution in [0.15, 0.2) is 60.7 Å². The highest BCUT2D eigenvalue weighted by molar-refractivity contribution is 7.80. The van der Waals surface area contributed by atoms with E-state index in [1.807, 2.05) is 60.7 Å². The molecule has 2 aromatic carbocycles. The Balaban J connectivity index is 2.19. The molecule has 206 valence electrons. The fraction of sp³-hybridized carbons (Fsp3) is 0.407. The van der Waals surface area contributed by atoms with Crippen molar-refractivity contribution in [3.05, 3.63) is 71.8 Å². The Hall–Kier alpha value is -3.41. The van der Waals surface area contributed by atoms with Crippen LogP contribution in [0.3, 0.4) is 0 Å². The molecule has 0 saturated heterocycles. The Bertz CT molecular complexity index is 1040. The second-order valence-corrected chi connectivity index (χ2v) is 9.34. The summed E-state index contributed by atoms with van der Waals surface area (Å²) in [6.45, 7) is 0.405. The number of rotatable bonds is 16. The fourth-order valence-corrected chi connectivity index (χ4v) is 4.04. The Labute approximate surface area is 228 Å². The first-order chi connectivity index (χ1) is 18.2. The predicted molar refractivity (Wildman–Crippen MR) is 148 cm³/mol. The van der Waals surface area contributed by atoms with Crippen LogP contribution in [0, 0.1) is 0 Å². The summed E-state index contributed by atoms with van der Waals surface area (Å²) in [6.07, 6.45) is 1.85. The van der Waals surface area contributed by atoms with Gasteiger partial charge in [0.1, 0.15) is 18.1 Å². The van der Waals surface area contributed by atoms with Crippen LogP contribution in [-0.2, 0) is 32.0 Å². The van der Waals surface area contributed by atoms with Crippen molar-refractivity contribution in [1.29, 1.82) is 0 Å². The van der Waals surface area contributed by atoms with Gasteiger partial charge in [-0.1, -0.05) is 60.7 Å². The zero-order valence-electron chi connectivity index (χ0n) is 21.2. The van der Waals surface area contributed by atoms with Crippen LogP contribution in [0.2, 0.25) is 0 Å². The molecule has 0 bridgehead atoms. The zero-order valence-corrected chi connectivity index (χ0v) is 22.1. The van der Waals surface area contributed by atoms with Crippen molar-refractivity contribution >= 4 is 36.3 Å². The Morgan fingerprint density at radius 2 is 1.24 bits per heavy atom. The average molecular weight is 544 g/mol. The molecule has 11 heteroatoms. The highest BCUT2D eigenvalue weighted by Gasteiger charge is 2.30. The number of carbonyl (C=O) groups excluding carboxylic acids is 3. The van der Waals surface area contributed by atoms with E-state index in [9.17, 15) is 24.3 Å². The van der Waals surface area contributed by atoms with Crippen LogP contribution in [0.4, 0.5) is 0 Å². The molecule has 0 radical (unpaired) electrons. The lowest BCUT2D eigenvalue weighted by atomic mass is 10.0. The lowest BCUT2D eigenvalue weighted by Gasteiger charge is -2.25. The minimum absolute atomic E-state index is 0.115. The molecular formula is C27H37N5O5S. The van der Waals surface area contributed by atoms with Gasteiger partial charge in [-0.25, -0.2) is 4.79 Å². The second-order valence-electron chi connectivity index (χ2n) is 8.97. The maximum atomic E-state index is 13.4. The first-order valence-electron chi connectivity index (χ1n) is 12.5. The third kappa shape index (κ3) is 10.5. The van der Waals surface area contributed by atoms with Gasteiger partial charge in [0.05, 0.1) is 6.04 Å². The van der Waals surface area contributed by atoms with E-state index in [1.165, 1.54) is 0 Å². The summed E-state index contributed by atoms with van der Waals surface area (Å²) in [4.78, 5) is 50.6. The minimum atomic E-state index is -1.23. The summed E-state index contributed by atoms with van der Waals surface area (Å²) in [5.74, 6) is -3.09. The van der Waals surface area contributed by atoms with Crippen LogP contribution in [0.5, 0.6) is 0 Å². The number of amides is 3. The van der Waals surface area contributed by atoms with Gasteiger partial charge >= 0.3 is 5.97 Å². The normalized spacial score (nSPS) is 14.0. The predicted octanol–water partition coefficient (Wildman–Crippen LogP) is 0.397. The molecule has 8 N–H and O–H groups in total. The van der Waals surface area contributed by atoms with Crippen molar-refractivity contribution in [3.63, 3.8) is 0 Å². The summed E-state index contributed by atoms with van der Waals surface area (Å²) < 4.78 is 0. The number of nitrogens with two attached hydrogens (primary N) is 2. The number of hydrogen-bond acceptors (Lipinski definition) is 7. The number of hydrogen-bond donors (Lipinski definition) is 7. The number of nitrogens with one attached hydrogen (secondary N) is 3. The van der Waals surface area contributed by atoms with E-state index >= 15 is 0 Å². The number of aliphatic carboxylic acids is 1. The van der Waals surface area contributed by atoms with Crippen molar-refractivity contribution < 1.29 is 24.3 Å². The molecule has 2 rings (SSSR count). The van der Waals surface area contributed by atoms with Gasteiger partial charge in [0, 0.05) is 12.2 Å². The third-order valence-corrected chi connectivity index (χ3v) is 6.29. The zero-order chi connectivity index (χ0) is 27.9. The van der Waals surface area contributed by atoms with E-state index in [1.54, 1.807) is 0 Å². The highest BCUT2D eigenvalue weighted by Crippen LogP contribution is 2.08. The Kier molecular flexibility index (Phi) is 13.3. The van der Waals surface area contributed by atoms with Crippen LogP contribution in [0.1, 0.15) is 30.4 Å². The number of carboxylic acid groups (broad SMARTS) is 1. The van der Waals surface area contributed by atoms with Crippen molar-refractivity contribution in [2.24, 2.45) is 11.5 Å². The number of unbranched alkanes of at least 4 members (excludes halogenated alkanes) is 1. The Morgan fingerprint density at radius 1 is 0.737 bits per heavy atom. The summed E-state index contributed by atoms with van der Waals surface area (Å²) in [5.41, 5.74) is 13.4. The summed E-state index contributed by atoms with van der Waals surface area (Å²) in [6, 6.07) is 14.3. The van der Waals surface area contributed by atoms with Gasteiger partial charge in [-0.15, -0.1) is 0 Å². The monoisotopic (exact) mass is 543 g/mol. The topological polar surface area (TPSA) is 177 Å². The first kappa shape index (κ1) is 30.8. The van der Waals surface area contributed by atoms with Crippen molar-refractivity contribution in [1.82, 2.24) is 16.0 Å². The van der Waals surface area contributed by atoms with Gasteiger partial charge in [0.2, 0.25) is 17.7 Å². The largest absolute Gasteiger partial charge is 0.480 e. The van der Waals surface area contributed by atoms with Gasteiger partial charge in [0.15, 0.2) is 0 Å². The molecule has 0 saturated carbocycles. The number of benzene rings is 2. The van der Waals surface area contributed by atoms with E-state index in [-0.39, 0.29) is 25.0 Å². The van der Waals surface area contributed by atoms with Gasteiger partial charge in [-0.3, -0.25) is 14.4 Å². The van der Waals surface area contributed by atoms with Crippen LogP contribution in [0.25, 0.3) is 0 Å². The molecule has 0 aliphatic rings. The molecule has 4 atom stereocenters. The standard InChI is InChI=1S/C27H37N5O5S/c28-14-8-7-13-21(25(34)32-23(17-38)27(36)37)30-26(35)22(16-19-11-5-2-6-12-19)31-24(33)20(29)15-18-9-3-1-4-10-18/h1-6,9-12,20-23,38H,7-8,13-17,28-29H2,(H,30,35)(H,31,33)(H,32,34)(H,36,37). The molecule has 0 aliphatic carbocycles. The van der Waals surface area contributed by atoms with E-state index in [4.69, 9.17) is 11.5 Å². The van der Waals surface area contributed by atoms with Crippen LogP contribution >= 0.6 is 12.6 Å². The van der Waals surface area contributed by atoms with E-state index < -0.39 is 47.9 Å². The summed E-state index contributed by atoms with van der Waals surface area (Å²) in [5, 5.41) is 17.1. The third-order valence-electron chi connectivity index (χ3n) is 5.93. The van der Waals surface area contributed by atoms with Crippen molar-refractivity contribution in [3.8, 4) is 0 Å². The molecule has 2 aromatic rings. The average Bonchev–Trinajstić information content (AvgIpc) is 2.91. The van der Waals surface area contributed by atoms with E-state index in [0.29, 0.717) is 19.4 Å². The van der Waals surface area contributed by atoms with Gasteiger partial charge in [-0.05, 0) is 43.4 Å². The Morgan fingerprint density at radius 3 is 1.76 bits per heavy atom. The van der Waals surface area contributed by atoms with E-state index in [2.05, 4.69) is 28.6 Å². The molecule has 0 spiro atoms. The summed E-state index contributed by atoms with van der Waals surface area (Å²) in [7, 11) is 0. The highest BCUT2D eigenvalue weighted by atomic mass is 32.1. The van der Waals surface area contributed by atoms with Crippen molar-refractivity contribution in [2.45, 2.75) is 56.3 Å². The first-order valence-corrected chi connectivity index (χ1v) is 13.2. The molecule has 10 nitrogen and oxygen atoms in total. The summed E-state index contributed by atoms with van der Waals surface area (Å²) >= 11 is 3.98. The molecular weight excluding hydrogens is 506 g/mol. The molecule has 4 unspecified atom stereocenters. The number of carboxylic acids is 1. The maximum absolute atomic E-state index is 13.4. The van der Waals surface area contributed by atoms with Gasteiger partial charge in [0.25, 0.3) is 0 Å². The second kappa shape index (κ2) is 16.4. The molecule has 0 aromatic heterocycles. The quantitative estimate of drug-likeness (QED) is 0.118. The number of thiol groups is 1. The molecule has 38 heavy (non-hydrogen) atoms. The van der Waals surface area contributed by atoms with Crippen molar-refractivity contribution in [2.75, 3.05) is 12.3 Å². The maximum Gasteiger partial charge on any atom is 0.327 e. The lowest BCUT2D eigenvalue weighted by molar-refractivity contribution is -0.141. The number of carbonyl (C=O) groups is 4. The smallest absolute Gasteiger partial charge is 0.327 e. The van der Waals surface area contributed by atoms with Crippen LogP contribution < -0.4 is 27.4 Å². The fourth-order valence-electron chi connectivity index (χ4n) is 3.79. The van der Waals surface area contributed by atoms with Gasteiger partial charge < -0.3 is 32.5 Å². The molecule has 0 heterocycles. The molecule has 0 fully saturated rings.